The van der Waals surface area contributed by atoms with E-state index in [9.17, 15) is 8.42 Å². The SMILES string of the molecule is O=S(=O)(c1cccnc1)N(Cc1ccccc1)Cc1ccccc1. The molecule has 0 saturated heterocycles. The van der Waals surface area contributed by atoms with Crippen LogP contribution in [0.15, 0.2) is 90.1 Å². The Kier molecular flexibility index (Phi) is 5.03. The van der Waals surface area contributed by atoms with Gasteiger partial charge in [0.25, 0.3) is 0 Å². The summed E-state index contributed by atoms with van der Waals surface area (Å²) < 4.78 is 27.5. The van der Waals surface area contributed by atoms with Gasteiger partial charge in [0.1, 0.15) is 4.90 Å². The maximum atomic E-state index is 13.0. The fourth-order valence-electron chi connectivity index (χ4n) is 2.45. The third-order valence-electron chi connectivity index (χ3n) is 3.68. The van der Waals surface area contributed by atoms with E-state index in [1.807, 2.05) is 60.7 Å². The Morgan fingerprint density at radius 2 is 1.29 bits per heavy atom. The Balaban J connectivity index is 1.95. The molecule has 4 nitrogen and oxygen atoms in total. The first-order valence-electron chi connectivity index (χ1n) is 7.64. The van der Waals surface area contributed by atoms with Gasteiger partial charge >= 0.3 is 0 Å². The molecule has 0 aliphatic rings. The van der Waals surface area contributed by atoms with Crippen LogP contribution in [0, 0.1) is 0 Å². The van der Waals surface area contributed by atoms with Crippen LogP contribution in [0.3, 0.4) is 0 Å². The topological polar surface area (TPSA) is 50.3 Å². The summed E-state index contributed by atoms with van der Waals surface area (Å²) in [4.78, 5) is 4.15. The summed E-state index contributed by atoms with van der Waals surface area (Å²) in [5, 5.41) is 0. The van der Waals surface area contributed by atoms with Crippen LogP contribution in [0.25, 0.3) is 0 Å². The van der Waals surface area contributed by atoms with Gasteiger partial charge < -0.3 is 0 Å². The molecule has 1 heterocycles. The van der Waals surface area contributed by atoms with Crippen molar-refractivity contribution in [1.29, 1.82) is 0 Å². The average molecular weight is 338 g/mol. The van der Waals surface area contributed by atoms with E-state index in [-0.39, 0.29) is 4.90 Å². The maximum Gasteiger partial charge on any atom is 0.245 e. The van der Waals surface area contributed by atoms with E-state index in [1.165, 1.54) is 10.5 Å². The minimum Gasteiger partial charge on any atom is -0.263 e. The monoisotopic (exact) mass is 338 g/mol. The molecule has 5 heteroatoms. The predicted molar refractivity (Wildman–Crippen MR) is 93.6 cm³/mol. The van der Waals surface area contributed by atoms with Crippen LogP contribution >= 0.6 is 0 Å². The minimum atomic E-state index is -3.63. The number of nitrogens with zero attached hydrogens (tertiary/aromatic N) is 2. The molecule has 3 aromatic rings. The van der Waals surface area contributed by atoms with Gasteiger partial charge in [0.05, 0.1) is 0 Å². The largest absolute Gasteiger partial charge is 0.263 e. The standard InChI is InChI=1S/C19H18N2O2S/c22-24(23,19-12-7-13-20-14-19)21(15-17-8-3-1-4-9-17)16-18-10-5-2-6-11-18/h1-14H,15-16H2. The van der Waals surface area contributed by atoms with Gasteiger partial charge in [-0.15, -0.1) is 0 Å². The van der Waals surface area contributed by atoms with Crippen molar-refractivity contribution in [2.45, 2.75) is 18.0 Å². The molecule has 0 saturated carbocycles. The third kappa shape index (κ3) is 3.88. The summed E-state index contributed by atoms with van der Waals surface area (Å²) in [6, 6.07) is 22.4. The van der Waals surface area contributed by atoms with E-state index in [0.717, 1.165) is 11.1 Å². The van der Waals surface area contributed by atoms with E-state index in [0.29, 0.717) is 13.1 Å². The average Bonchev–Trinajstić information content (AvgIpc) is 2.64. The molecular formula is C19H18N2O2S. The first kappa shape index (κ1) is 16.4. The van der Waals surface area contributed by atoms with Crippen LogP contribution in [0.5, 0.6) is 0 Å². The van der Waals surface area contributed by atoms with Crippen LogP contribution in [0.1, 0.15) is 11.1 Å². The summed E-state index contributed by atoms with van der Waals surface area (Å²) in [7, 11) is -3.63. The first-order valence-corrected chi connectivity index (χ1v) is 9.08. The van der Waals surface area contributed by atoms with E-state index in [2.05, 4.69) is 4.98 Å². The number of hydrogen-bond donors (Lipinski definition) is 0. The third-order valence-corrected chi connectivity index (χ3v) is 5.45. The van der Waals surface area contributed by atoms with Crippen molar-refractivity contribution in [3.8, 4) is 0 Å². The molecule has 0 unspecified atom stereocenters. The summed E-state index contributed by atoms with van der Waals surface area (Å²) in [5.74, 6) is 0. The highest BCUT2D eigenvalue weighted by atomic mass is 32.2. The van der Waals surface area contributed by atoms with Gasteiger partial charge in [0.15, 0.2) is 0 Å². The van der Waals surface area contributed by atoms with Crippen molar-refractivity contribution in [3.05, 3.63) is 96.3 Å². The quantitative estimate of drug-likeness (QED) is 0.691. The van der Waals surface area contributed by atoms with Crippen LogP contribution in [0.4, 0.5) is 0 Å². The molecule has 0 spiro atoms. The van der Waals surface area contributed by atoms with Crippen molar-refractivity contribution in [2.75, 3.05) is 0 Å². The number of aromatic nitrogens is 1. The van der Waals surface area contributed by atoms with Crippen molar-refractivity contribution in [3.63, 3.8) is 0 Å². The molecule has 24 heavy (non-hydrogen) atoms. The second kappa shape index (κ2) is 7.38. The zero-order chi connectivity index (χ0) is 16.8. The Labute approximate surface area is 142 Å². The Hall–Kier alpha value is -2.50. The molecule has 122 valence electrons. The van der Waals surface area contributed by atoms with Gasteiger partial charge in [-0.25, -0.2) is 8.42 Å². The van der Waals surface area contributed by atoms with Gasteiger partial charge in [-0.05, 0) is 23.3 Å². The summed E-state index contributed by atoms with van der Waals surface area (Å²) in [6.45, 7) is 0.625. The molecule has 0 radical (unpaired) electrons. The van der Waals surface area contributed by atoms with E-state index >= 15 is 0 Å². The number of rotatable bonds is 6. The van der Waals surface area contributed by atoms with E-state index in [4.69, 9.17) is 0 Å². The van der Waals surface area contributed by atoms with Crippen molar-refractivity contribution >= 4 is 10.0 Å². The lowest BCUT2D eigenvalue weighted by Crippen LogP contribution is -2.30. The zero-order valence-electron chi connectivity index (χ0n) is 13.1. The number of benzene rings is 2. The zero-order valence-corrected chi connectivity index (χ0v) is 13.9. The summed E-state index contributed by atoms with van der Waals surface area (Å²) in [5.41, 5.74) is 1.89. The van der Waals surface area contributed by atoms with E-state index in [1.54, 1.807) is 18.3 Å². The van der Waals surface area contributed by atoms with Crippen LogP contribution in [-0.4, -0.2) is 17.7 Å². The molecule has 3 rings (SSSR count). The normalized spacial score (nSPS) is 11.5. The van der Waals surface area contributed by atoms with Crippen LogP contribution in [0.2, 0.25) is 0 Å². The predicted octanol–water partition coefficient (Wildman–Crippen LogP) is 3.47. The smallest absolute Gasteiger partial charge is 0.245 e. The Morgan fingerprint density at radius 1 is 0.750 bits per heavy atom. The van der Waals surface area contributed by atoms with Crippen molar-refractivity contribution in [1.82, 2.24) is 9.29 Å². The highest BCUT2D eigenvalue weighted by molar-refractivity contribution is 7.89. The summed E-state index contributed by atoms with van der Waals surface area (Å²) >= 11 is 0. The van der Waals surface area contributed by atoms with Gasteiger partial charge in [-0.3, -0.25) is 4.98 Å². The molecular weight excluding hydrogens is 320 g/mol. The molecule has 1 aromatic heterocycles. The molecule has 0 N–H and O–H groups in total. The number of hydrogen-bond acceptors (Lipinski definition) is 3. The van der Waals surface area contributed by atoms with Crippen molar-refractivity contribution < 1.29 is 8.42 Å². The second-order valence-electron chi connectivity index (χ2n) is 5.43. The molecule has 0 atom stereocenters. The number of sulfonamides is 1. The van der Waals surface area contributed by atoms with Gasteiger partial charge in [-0.2, -0.15) is 4.31 Å². The van der Waals surface area contributed by atoms with Crippen molar-refractivity contribution in [2.24, 2.45) is 0 Å². The molecule has 0 bridgehead atoms. The Bertz CT molecular complexity index is 826. The maximum absolute atomic E-state index is 13.0. The lowest BCUT2D eigenvalue weighted by atomic mass is 10.2. The molecule has 0 amide bonds. The van der Waals surface area contributed by atoms with Crippen LogP contribution in [-0.2, 0) is 23.1 Å². The fraction of sp³-hybridized carbons (Fsp3) is 0.105. The highest BCUT2D eigenvalue weighted by Crippen LogP contribution is 2.20. The fourth-order valence-corrected chi connectivity index (χ4v) is 3.83. The molecule has 2 aromatic carbocycles. The highest BCUT2D eigenvalue weighted by Gasteiger charge is 2.25. The Morgan fingerprint density at radius 3 is 1.75 bits per heavy atom. The van der Waals surface area contributed by atoms with E-state index < -0.39 is 10.0 Å². The lowest BCUT2D eigenvalue weighted by molar-refractivity contribution is 0.401. The van der Waals surface area contributed by atoms with Gasteiger partial charge in [-0.1, -0.05) is 60.7 Å². The van der Waals surface area contributed by atoms with Gasteiger partial charge in [0.2, 0.25) is 10.0 Å². The minimum absolute atomic E-state index is 0.205. The van der Waals surface area contributed by atoms with Gasteiger partial charge in [0, 0.05) is 25.5 Å². The molecule has 0 fully saturated rings. The molecule has 0 aliphatic carbocycles. The second-order valence-corrected chi connectivity index (χ2v) is 7.37. The first-order chi connectivity index (χ1) is 11.7. The summed E-state index contributed by atoms with van der Waals surface area (Å²) in [6.07, 6.45) is 2.95. The number of pyridine rings is 1. The molecule has 0 aliphatic heterocycles. The van der Waals surface area contributed by atoms with Crippen LogP contribution < -0.4 is 0 Å². The lowest BCUT2D eigenvalue weighted by Gasteiger charge is -2.22.